The van der Waals surface area contributed by atoms with Gasteiger partial charge in [-0.05, 0) is 36.4 Å². The van der Waals surface area contributed by atoms with E-state index in [4.69, 9.17) is 33.7 Å². The molecule has 0 atom stereocenters. The molecule has 150 valence electrons. The van der Waals surface area contributed by atoms with Crippen molar-refractivity contribution in [2.24, 2.45) is 0 Å². The Balaban J connectivity index is 2.25. The van der Waals surface area contributed by atoms with E-state index >= 15 is 0 Å². The Kier molecular flexibility index (Phi) is 7.86. The Morgan fingerprint density at radius 3 is 2.24 bits per heavy atom. The minimum absolute atomic E-state index is 0.0757. The van der Waals surface area contributed by atoms with Gasteiger partial charge in [-0.3, -0.25) is 9.52 Å². The first-order valence-electron chi connectivity index (χ1n) is 8.39. The Morgan fingerprint density at radius 1 is 1.00 bits per heavy atom. The van der Waals surface area contributed by atoms with Gasteiger partial charge >= 0.3 is 0 Å². The van der Waals surface area contributed by atoms with Crippen LogP contribution in [0.25, 0.3) is 0 Å². The molecule has 2 rings (SSSR count). The summed E-state index contributed by atoms with van der Waals surface area (Å²) in [6.45, 7) is 0.354. The lowest BCUT2D eigenvalue weighted by atomic mass is 10.1. The molecule has 29 heavy (non-hydrogen) atoms. The van der Waals surface area contributed by atoms with Gasteiger partial charge in [-0.1, -0.05) is 29.3 Å². The molecule has 10 heteroatoms. The summed E-state index contributed by atoms with van der Waals surface area (Å²) in [5.74, 6) is -0.397. The number of nitriles is 2. The maximum absolute atomic E-state index is 12.7. The number of rotatable bonds is 8. The summed E-state index contributed by atoms with van der Waals surface area (Å²) in [4.78, 5) is 14.0. The Labute approximate surface area is 179 Å². The van der Waals surface area contributed by atoms with Crippen molar-refractivity contribution in [3.63, 3.8) is 0 Å². The molecular weight excluding hydrogens is 435 g/mol. The number of carbonyl (C=O) groups is 1. The summed E-state index contributed by atoms with van der Waals surface area (Å²) >= 11 is 11.7. The molecule has 0 bridgehead atoms. The lowest BCUT2D eigenvalue weighted by Gasteiger charge is -2.20. The number of nitrogens with zero attached hydrogens (tertiary/aromatic N) is 3. The molecule has 0 aliphatic rings. The van der Waals surface area contributed by atoms with Gasteiger partial charge in [0.15, 0.2) is 0 Å². The zero-order valence-corrected chi connectivity index (χ0v) is 17.4. The molecule has 0 aliphatic carbocycles. The van der Waals surface area contributed by atoms with Gasteiger partial charge < -0.3 is 4.90 Å². The number of hydrogen-bond donors (Lipinski definition) is 1. The number of halogens is 2. The van der Waals surface area contributed by atoms with E-state index in [0.29, 0.717) is 0 Å². The fourth-order valence-electron chi connectivity index (χ4n) is 2.44. The van der Waals surface area contributed by atoms with Crippen LogP contribution in [0.15, 0.2) is 47.4 Å². The molecule has 2 aromatic rings. The molecule has 7 nitrogen and oxygen atoms in total. The second-order valence-corrected chi connectivity index (χ2v) is 8.37. The first-order valence-corrected chi connectivity index (χ1v) is 10.6. The Morgan fingerprint density at radius 2 is 1.66 bits per heavy atom. The number of carbonyl (C=O) groups excluding carboxylic acids is 1. The number of sulfonamides is 1. The van der Waals surface area contributed by atoms with Gasteiger partial charge in [0, 0.05) is 24.3 Å². The smallest absolute Gasteiger partial charge is 0.261 e. The van der Waals surface area contributed by atoms with Gasteiger partial charge in [-0.15, -0.1) is 0 Å². The lowest BCUT2D eigenvalue weighted by Crippen LogP contribution is -2.32. The highest BCUT2D eigenvalue weighted by molar-refractivity contribution is 7.92. The van der Waals surface area contributed by atoms with E-state index in [2.05, 4.69) is 4.72 Å². The average Bonchev–Trinajstić information content (AvgIpc) is 2.69. The van der Waals surface area contributed by atoms with Crippen LogP contribution in [-0.4, -0.2) is 32.3 Å². The molecule has 0 aliphatic heterocycles. The van der Waals surface area contributed by atoms with E-state index < -0.39 is 15.9 Å². The lowest BCUT2D eigenvalue weighted by molar-refractivity contribution is 0.0762. The third-order valence-corrected chi connectivity index (χ3v) is 5.96. The molecule has 0 saturated heterocycles. The van der Waals surface area contributed by atoms with E-state index in [0.717, 1.165) is 0 Å². The molecule has 0 heterocycles. The van der Waals surface area contributed by atoms with Crippen molar-refractivity contribution >= 4 is 44.8 Å². The van der Waals surface area contributed by atoms with Crippen LogP contribution in [0.3, 0.4) is 0 Å². The number of amides is 1. The van der Waals surface area contributed by atoms with Gasteiger partial charge in [-0.2, -0.15) is 10.5 Å². The van der Waals surface area contributed by atoms with Gasteiger partial charge in [0.25, 0.3) is 15.9 Å². The maximum atomic E-state index is 12.7. The predicted molar refractivity (Wildman–Crippen MR) is 110 cm³/mol. The van der Waals surface area contributed by atoms with Crippen LogP contribution < -0.4 is 4.72 Å². The number of benzene rings is 2. The van der Waals surface area contributed by atoms with E-state index in [1.54, 1.807) is 0 Å². The number of anilines is 1. The first-order chi connectivity index (χ1) is 13.8. The highest BCUT2D eigenvalue weighted by Crippen LogP contribution is 2.26. The molecule has 0 fully saturated rings. The van der Waals surface area contributed by atoms with E-state index in [1.165, 1.54) is 47.4 Å². The summed E-state index contributed by atoms with van der Waals surface area (Å²) in [5, 5.41) is 17.9. The molecule has 0 unspecified atom stereocenters. The van der Waals surface area contributed by atoms with Crippen molar-refractivity contribution in [2.45, 2.75) is 17.7 Å². The van der Waals surface area contributed by atoms with E-state index in [9.17, 15) is 13.2 Å². The number of hydrogen-bond acceptors (Lipinski definition) is 5. The van der Waals surface area contributed by atoms with Crippen LogP contribution in [0, 0.1) is 22.7 Å². The normalized spacial score (nSPS) is 10.6. The summed E-state index contributed by atoms with van der Waals surface area (Å²) in [6, 6.07) is 13.8. The molecule has 1 amide bonds. The zero-order valence-electron chi connectivity index (χ0n) is 15.1. The van der Waals surface area contributed by atoms with Crippen LogP contribution in [0.2, 0.25) is 10.0 Å². The van der Waals surface area contributed by atoms with Gasteiger partial charge in [0.1, 0.15) is 0 Å². The Bertz CT molecular complexity index is 1070. The average molecular weight is 451 g/mol. The van der Waals surface area contributed by atoms with Crippen LogP contribution in [0.1, 0.15) is 23.2 Å². The third-order valence-electron chi connectivity index (χ3n) is 3.84. The SMILES string of the molecule is N#CCCN(CCC#N)C(=O)c1cccc(NS(=O)(=O)c2ccc(Cl)c(Cl)c2)c1. The van der Waals surface area contributed by atoms with Crippen molar-refractivity contribution in [2.75, 3.05) is 17.8 Å². The topological polar surface area (TPSA) is 114 Å². The summed E-state index contributed by atoms with van der Waals surface area (Å²) in [5.41, 5.74) is 0.414. The monoisotopic (exact) mass is 450 g/mol. The predicted octanol–water partition coefficient (Wildman–Crippen LogP) is 4.06. The first kappa shape index (κ1) is 22.5. The van der Waals surface area contributed by atoms with Gasteiger partial charge in [-0.25, -0.2) is 8.42 Å². The Hall–Kier alpha value is -2.78. The second kappa shape index (κ2) is 10.1. The van der Waals surface area contributed by atoms with E-state index in [-0.39, 0.29) is 52.1 Å². The summed E-state index contributed by atoms with van der Waals surface area (Å²) in [6.07, 6.45) is 0.252. The number of nitrogens with one attached hydrogen (secondary N) is 1. The standard InChI is InChI=1S/C19H16Cl2N4O3S/c20-17-7-6-16(13-18(17)21)29(27,28)24-15-5-1-4-14(12-15)19(26)25(10-2-8-22)11-3-9-23/h1,4-7,12-13,24H,2-3,10-11H2. The van der Waals surface area contributed by atoms with Crippen molar-refractivity contribution < 1.29 is 13.2 Å². The highest BCUT2D eigenvalue weighted by Gasteiger charge is 2.19. The quantitative estimate of drug-likeness (QED) is 0.650. The van der Waals surface area contributed by atoms with Crippen molar-refractivity contribution in [1.82, 2.24) is 4.90 Å². The van der Waals surface area contributed by atoms with Gasteiger partial charge in [0.2, 0.25) is 0 Å². The molecule has 2 aromatic carbocycles. The van der Waals surface area contributed by atoms with Crippen molar-refractivity contribution in [3.05, 3.63) is 58.1 Å². The molecule has 1 N–H and O–H groups in total. The third kappa shape index (κ3) is 6.10. The van der Waals surface area contributed by atoms with Crippen molar-refractivity contribution in [3.8, 4) is 12.1 Å². The highest BCUT2D eigenvalue weighted by atomic mass is 35.5. The molecule has 0 saturated carbocycles. The van der Waals surface area contributed by atoms with Crippen molar-refractivity contribution in [1.29, 1.82) is 10.5 Å². The van der Waals surface area contributed by atoms with Gasteiger partial charge in [0.05, 0.1) is 39.9 Å². The molecular formula is C19H16Cl2N4O3S. The largest absolute Gasteiger partial charge is 0.337 e. The molecule has 0 radical (unpaired) electrons. The molecule has 0 aromatic heterocycles. The van der Waals surface area contributed by atoms with Crippen LogP contribution in [0.4, 0.5) is 5.69 Å². The minimum Gasteiger partial charge on any atom is -0.337 e. The maximum Gasteiger partial charge on any atom is 0.261 e. The van der Waals surface area contributed by atoms with Crippen LogP contribution in [-0.2, 0) is 10.0 Å². The fourth-order valence-corrected chi connectivity index (χ4v) is 3.88. The fraction of sp³-hybridized carbons (Fsp3) is 0.211. The summed E-state index contributed by atoms with van der Waals surface area (Å²) < 4.78 is 27.6. The van der Waals surface area contributed by atoms with Crippen LogP contribution >= 0.6 is 23.2 Å². The summed E-state index contributed by atoms with van der Waals surface area (Å²) in [7, 11) is -3.95. The van der Waals surface area contributed by atoms with Crippen LogP contribution in [0.5, 0.6) is 0 Å². The molecule has 0 spiro atoms. The zero-order chi connectivity index (χ0) is 21.4. The second-order valence-electron chi connectivity index (χ2n) is 5.87. The van der Waals surface area contributed by atoms with E-state index in [1.807, 2.05) is 12.1 Å². The minimum atomic E-state index is -3.95.